The summed E-state index contributed by atoms with van der Waals surface area (Å²) >= 11 is 0. The van der Waals surface area contributed by atoms with Crippen molar-refractivity contribution in [3.8, 4) is 0 Å². The summed E-state index contributed by atoms with van der Waals surface area (Å²) in [6.45, 7) is 4.54. The maximum Gasteiger partial charge on any atom is 0.154 e. The Morgan fingerprint density at radius 2 is 2.33 bits per heavy atom. The molecule has 0 aliphatic heterocycles. The Balaban J connectivity index is 2.32. The van der Waals surface area contributed by atoms with Crippen molar-refractivity contribution in [2.24, 2.45) is 11.7 Å². The zero-order valence-corrected chi connectivity index (χ0v) is 10.9. The van der Waals surface area contributed by atoms with Crippen LogP contribution >= 0.6 is 0 Å². The lowest BCUT2D eigenvalue weighted by Crippen LogP contribution is -2.32. The molecule has 0 fully saturated rings. The molecule has 6 nitrogen and oxygen atoms in total. The van der Waals surface area contributed by atoms with E-state index < -0.39 is 0 Å². The van der Waals surface area contributed by atoms with E-state index in [0.29, 0.717) is 6.54 Å². The largest absolute Gasteiger partial charge is 0.387 e. The minimum atomic E-state index is 0.000995. The highest BCUT2D eigenvalue weighted by atomic mass is 15.3. The summed E-state index contributed by atoms with van der Waals surface area (Å²) in [4.78, 5) is 6.39. The number of nitrogens with zero attached hydrogens (tertiary/aromatic N) is 4. The lowest BCUT2D eigenvalue weighted by molar-refractivity contribution is 0.722. The van der Waals surface area contributed by atoms with E-state index in [1.54, 1.807) is 6.20 Å². The van der Waals surface area contributed by atoms with Crippen LogP contribution in [0.1, 0.15) is 12.6 Å². The van der Waals surface area contributed by atoms with Gasteiger partial charge in [0.25, 0.3) is 0 Å². The van der Waals surface area contributed by atoms with Crippen molar-refractivity contribution in [3.63, 3.8) is 0 Å². The van der Waals surface area contributed by atoms with Gasteiger partial charge in [0, 0.05) is 31.9 Å². The zero-order chi connectivity index (χ0) is 13.3. The first-order chi connectivity index (χ1) is 8.49. The van der Waals surface area contributed by atoms with Crippen molar-refractivity contribution < 1.29 is 0 Å². The van der Waals surface area contributed by atoms with Crippen LogP contribution in [0.2, 0.25) is 0 Å². The first-order valence-electron chi connectivity index (χ1n) is 5.85. The van der Waals surface area contributed by atoms with Gasteiger partial charge in [-0.15, -0.1) is 0 Å². The van der Waals surface area contributed by atoms with Gasteiger partial charge in [0.05, 0.1) is 11.5 Å². The predicted molar refractivity (Wildman–Crippen MR) is 72.1 cm³/mol. The number of anilines is 1. The second-order valence-corrected chi connectivity index (χ2v) is 4.60. The second-order valence-electron chi connectivity index (χ2n) is 4.60. The van der Waals surface area contributed by atoms with Crippen LogP contribution in [0, 0.1) is 18.3 Å². The number of fused-ring (bicyclic) bond motifs is 1. The average molecular weight is 246 g/mol. The first kappa shape index (κ1) is 12.3. The molecule has 2 aromatic rings. The van der Waals surface area contributed by atoms with Gasteiger partial charge in [-0.1, -0.05) is 6.92 Å². The third-order valence-electron chi connectivity index (χ3n) is 2.93. The van der Waals surface area contributed by atoms with Crippen LogP contribution in [-0.4, -0.2) is 34.0 Å². The van der Waals surface area contributed by atoms with Gasteiger partial charge in [-0.3, -0.25) is 5.41 Å². The summed E-state index contributed by atoms with van der Waals surface area (Å²) < 4.78 is 1.81. The molecule has 2 heterocycles. The van der Waals surface area contributed by atoms with Gasteiger partial charge in [0.15, 0.2) is 5.82 Å². The fourth-order valence-corrected chi connectivity index (χ4v) is 1.92. The molecule has 0 saturated heterocycles. The Hall–Kier alpha value is -2.11. The van der Waals surface area contributed by atoms with Gasteiger partial charge in [-0.05, 0) is 13.0 Å². The van der Waals surface area contributed by atoms with Crippen molar-refractivity contribution in [1.82, 2.24) is 14.6 Å². The van der Waals surface area contributed by atoms with Crippen LogP contribution in [0.5, 0.6) is 0 Å². The first-order valence-corrected chi connectivity index (χ1v) is 5.85. The standard InChI is InChI=1S/C12H18N6/c1-8(11(13)14)7-17(3)12-10-6-9(2)16-18(10)5-4-15-12/h4-6,8H,7H2,1-3H3,(H3,13,14). The van der Waals surface area contributed by atoms with Crippen LogP contribution in [-0.2, 0) is 0 Å². The Morgan fingerprint density at radius 1 is 1.61 bits per heavy atom. The lowest BCUT2D eigenvalue weighted by Gasteiger charge is -2.22. The molecule has 18 heavy (non-hydrogen) atoms. The SMILES string of the molecule is Cc1cc2c(N(C)CC(C)C(=N)N)nccn2n1. The molecule has 0 bridgehead atoms. The van der Waals surface area contributed by atoms with Crippen molar-refractivity contribution in [2.75, 3.05) is 18.5 Å². The van der Waals surface area contributed by atoms with Crippen molar-refractivity contribution in [2.45, 2.75) is 13.8 Å². The van der Waals surface area contributed by atoms with E-state index in [0.717, 1.165) is 17.0 Å². The quantitative estimate of drug-likeness (QED) is 0.624. The minimum absolute atomic E-state index is 0.000995. The van der Waals surface area contributed by atoms with E-state index in [2.05, 4.69) is 10.1 Å². The molecule has 0 saturated carbocycles. The lowest BCUT2D eigenvalue weighted by atomic mass is 10.1. The van der Waals surface area contributed by atoms with Gasteiger partial charge >= 0.3 is 0 Å². The number of amidine groups is 1. The van der Waals surface area contributed by atoms with Gasteiger partial charge in [-0.25, -0.2) is 9.50 Å². The number of nitrogens with two attached hydrogens (primary N) is 1. The summed E-state index contributed by atoms with van der Waals surface area (Å²) in [5.41, 5.74) is 7.42. The molecule has 0 aliphatic carbocycles. The molecule has 1 atom stereocenters. The minimum Gasteiger partial charge on any atom is -0.387 e. The molecule has 0 aromatic carbocycles. The van der Waals surface area contributed by atoms with Gasteiger partial charge < -0.3 is 10.6 Å². The molecule has 0 aliphatic rings. The fourth-order valence-electron chi connectivity index (χ4n) is 1.92. The highest BCUT2D eigenvalue weighted by Crippen LogP contribution is 2.19. The van der Waals surface area contributed by atoms with E-state index in [-0.39, 0.29) is 11.8 Å². The maximum atomic E-state index is 7.44. The van der Waals surface area contributed by atoms with Crippen molar-refractivity contribution in [1.29, 1.82) is 5.41 Å². The summed E-state index contributed by atoms with van der Waals surface area (Å²) in [6, 6.07) is 2.00. The molecule has 2 aromatic heterocycles. The Kier molecular flexibility index (Phi) is 3.18. The number of hydrogen-bond donors (Lipinski definition) is 2. The molecule has 1 unspecified atom stereocenters. The second kappa shape index (κ2) is 4.64. The third-order valence-corrected chi connectivity index (χ3v) is 2.93. The maximum absolute atomic E-state index is 7.44. The Bertz CT molecular complexity index is 573. The summed E-state index contributed by atoms with van der Waals surface area (Å²) in [5.74, 6) is 1.05. The van der Waals surface area contributed by atoms with Crippen molar-refractivity contribution >= 4 is 17.2 Å². The predicted octanol–water partition coefficient (Wildman–Crippen LogP) is 1.05. The monoisotopic (exact) mass is 246 g/mol. The normalized spacial score (nSPS) is 12.6. The number of rotatable bonds is 4. The van der Waals surface area contributed by atoms with Gasteiger partial charge in [-0.2, -0.15) is 5.10 Å². The van der Waals surface area contributed by atoms with E-state index in [1.807, 2.05) is 42.6 Å². The number of nitrogens with one attached hydrogen (secondary N) is 1. The highest BCUT2D eigenvalue weighted by Gasteiger charge is 2.14. The number of hydrogen-bond acceptors (Lipinski definition) is 4. The average Bonchev–Trinajstić information content (AvgIpc) is 2.68. The van der Waals surface area contributed by atoms with E-state index in [9.17, 15) is 0 Å². The van der Waals surface area contributed by atoms with Crippen LogP contribution in [0.15, 0.2) is 18.5 Å². The smallest absolute Gasteiger partial charge is 0.154 e. The molecule has 6 heteroatoms. The molecule has 3 N–H and O–H groups in total. The Labute approximate surface area is 106 Å². The van der Waals surface area contributed by atoms with Crippen LogP contribution < -0.4 is 10.6 Å². The fraction of sp³-hybridized carbons (Fsp3) is 0.417. The van der Waals surface area contributed by atoms with E-state index in [1.165, 1.54) is 0 Å². The number of aryl methyl sites for hydroxylation is 1. The third kappa shape index (κ3) is 2.27. The van der Waals surface area contributed by atoms with E-state index >= 15 is 0 Å². The van der Waals surface area contributed by atoms with Gasteiger partial charge in [0.1, 0.15) is 5.52 Å². The van der Waals surface area contributed by atoms with Crippen LogP contribution in [0.25, 0.3) is 5.52 Å². The summed E-state index contributed by atoms with van der Waals surface area (Å²) in [6.07, 6.45) is 3.55. The van der Waals surface area contributed by atoms with E-state index in [4.69, 9.17) is 11.1 Å². The molecular weight excluding hydrogens is 228 g/mol. The molecule has 0 radical (unpaired) electrons. The van der Waals surface area contributed by atoms with Gasteiger partial charge in [0.2, 0.25) is 0 Å². The topological polar surface area (TPSA) is 83.3 Å². The molecule has 0 amide bonds. The molecule has 2 rings (SSSR count). The number of aromatic nitrogens is 3. The Morgan fingerprint density at radius 3 is 3.00 bits per heavy atom. The summed E-state index contributed by atoms with van der Waals surface area (Å²) in [5, 5.41) is 11.8. The molecule has 96 valence electrons. The van der Waals surface area contributed by atoms with Crippen LogP contribution in [0.4, 0.5) is 5.82 Å². The van der Waals surface area contributed by atoms with Crippen LogP contribution in [0.3, 0.4) is 0 Å². The molecular formula is C12H18N6. The van der Waals surface area contributed by atoms with Crippen molar-refractivity contribution in [3.05, 3.63) is 24.2 Å². The zero-order valence-electron chi connectivity index (χ0n) is 10.9. The summed E-state index contributed by atoms with van der Waals surface area (Å²) in [7, 11) is 1.95. The highest BCUT2D eigenvalue weighted by molar-refractivity contribution is 5.80. The molecule has 0 spiro atoms.